The van der Waals surface area contributed by atoms with Crippen LogP contribution in [0.3, 0.4) is 0 Å². The number of hydrogen-bond donors (Lipinski definition) is 2. The molecule has 1 rings (SSSR count). The lowest BCUT2D eigenvalue weighted by Gasteiger charge is -2.17. The molecule has 1 amide bonds. The van der Waals surface area contributed by atoms with E-state index in [0.29, 0.717) is 6.42 Å². The second-order valence-corrected chi connectivity index (χ2v) is 4.45. The first-order valence-electron chi connectivity index (χ1n) is 5.92. The summed E-state index contributed by atoms with van der Waals surface area (Å²) in [4.78, 5) is 26.7. The van der Waals surface area contributed by atoms with Crippen molar-refractivity contribution in [1.29, 1.82) is 0 Å². The van der Waals surface area contributed by atoms with Crippen molar-refractivity contribution in [3.8, 4) is 0 Å². The summed E-state index contributed by atoms with van der Waals surface area (Å²) in [6.07, 6.45) is 2.42. The number of nitrogens with one attached hydrogen (secondary N) is 1. The average Bonchev–Trinajstić information content (AvgIpc) is 2.34. The standard InChI is InChI=1S/C13H18N2O3/c1-9(2)12(13(17)18)15-11(16)7-6-10-5-3-4-8-14-10/h3-5,8-9,12H,6-7H2,1-2H3,(H,15,16)(H,17,18)/t12-/m1/s1. The van der Waals surface area contributed by atoms with E-state index in [0.717, 1.165) is 5.69 Å². The van der Waals surface area contributed by atoms with Crippen LogP contribution in [-0.4, -0.2) is 28.0 Å². The fourth-order valence-electron chi connectivity index (χ4n) is 1.55. The van der Waals surface area contributed by atoms with Gasteiger partial charge in [0.2, 0.25) is 5.91 Å². The van der Waals surface area contributed by atoms with Gasteiger partial charge in [-0.2, -0.15) is 0 Å². The van der Waals surface area contributed by atoms with Crippen molar-refractivity contribution in [2.75, 3.05) is 0 Å². The molecule has 0 fully saturated rings. The minimum Gasteiger partial charge on any atom is -0.480 e. The zero-order valence-electron chi connectivity index (χ0n) is 10.6. The van der Waals surface area contributed by atoms with Gasteiger partial charge in [0.25, 0.3) is 0 Å². The Labute approximate surface area is 106 Å². The molecule has 5 nitrogen and oxygen atoms in total. The maximum absolute atomic E-state index is 11.6. The average molecular weight is 250 g/mol. The summed E-state index contributed by atoms with van der Waals surface area (Å²) < 4.78 is 0. The van der Waals surface area contributed by atoms with Crippen LogP contribution in [0.5, 0.6) is 0 Å². The zero-order valence-corrected chi connectivity index (χ0v) is 10.6. The smallest absolute Gasteiger partial charge is 0.326 e. The van der Waals surface area contributed by atoms with Crippen molar-refractivity contribution >= 4 is 11.9 Å². The van der Waals surface area contributed by atoms with Gasteiger partial charge in [-0.1, -0.05) is 19.9 Å². The summed E-state index contributed by atoms with van der Waals surface area (Å²) in [7, 11) is 0. The third kappa shape index (κ3) is 4.53. The lowest BCUT2D eigenvalue weighted by atomic mass is 10.0. The monoisotopic (exact) mass is 250 g/mol. The molecule has 18 heavy (non-hydrogen) atoms. The second kappa shape index (κ2) is 6.74. The largest absolute Gasteiger partial charge is 0.480 e. The molecule has 1 atom stereocenters. The first-order valence-corrected chi connectivity index (χ1v) is 5.92. The molecular weight excluding hydrogens is 232 g/mol. The highest BCUT2D eigenvalue weighted by atomic mass is 16.4. The van der Waals surface area contributed by atoms with E-state index in [1.54, 1.807) is 20.0 Å². The van der Waals surface area contributed by atoms with Gasteiger partial charge in [0.05, 0.1) is 0 Å². The summed E-state index contributed by atoms with van der Waals surface area (Å²) in [5, 5.41) is 11.5. The molecule has 0 radical (unpaired) electrons. The predicted octanol–water partition coefficient (Wildman–Crippen LogP) is 1.24. The molecule has 5 heteroatoms. The number of carbonyl (C=O) groups excluding carboxylic acids is 1. The minimum atomic E-state index is -1.00. The fraction of sp³-hybridized carbons (Fsp3) is 0.462. The van der Waals surface area contributed by atoms with Gasteiger partial charge in [-0.15, -0.1) is 0 Å². The third-order valence-corrected chi connectivity index (χ3v) is 2.58. The Balaban J connectivity index is 2.44. The highest BCUT2D eigenvalue weighted by Crippen LogP contribution is 2.03. The quantitative estimate of drug-likeness (QED) is 0.796. The summed E-state index contributed by atoms with van der Waals surface area (Å²) in [5.41, 5.74) is 0.823. The molecule has 1 aromatic heterocycles. The molecule has 0 aliphatic heterocycles. The molecular formula is C13H18N2O3. The normalized spacial score (nSPS) is 12.2. The number of aliphatic carboxylic acids is 1. The molecule has 98 valence electrons. The van der Waals surface area contributed by atoms with Gasteiger partial charge in [-0.25, -0.2) is 4.79 Å². The van der Waals surface area contributed by atoms with E-state index in [1.165, 1.54) is 0 Å². The van der Waals surface area contributed by atoms with Crippen molar-refractivity contribution in [1.82, 2.24) is 10.3 Å². The Morgan fingerprint density at radius 1 is 1.39 bits per heavy atom. The maximum atomic E-state index is 11.6. The van der Waals surface area contributed by atoms with E-state index in [2.05, 4.69) is 10.3 Å². The molecule has 1 aromatic rings. The molecule has 0 unspecified atom stereocenters. The van der Waals surface area contributed by atoms with Crippen LogP contribution in [0.2, 0.25) is 0 Å². The van der Waals surface area contributed by atoms with E-state index in [4.69, 9.17) is 5.11 Å². The van der Waals surface area contributed by atoms with Gasteiger partial charge in [-0.05, 0) is 24.5 Å². The molecule has 0 aliphatic carbocycles. The number of rotatable bonds is 6. The SMILES string of the molecule is CC(C)[C@@H](NC(=O)CCc1ccccn1)C(=O)O. The second-order valence-electron chi connectivity index (χ2n) is 4.45. The molecule has 0 bridgehead atoms. The number of carbonyl (C=O) groups is 2. The minimum absolute atomic E-state index is 0.138. The first kappa shape index (κ1) is 14.2. The number of amides is 1. The van der Waals surface area contributed by atoms with E-state index >= 15 is 0 Å². The fourth-order valence-corrected chi connectivity index (χ4v) is 1.55. The highest BCUT2D eigenvalue weighted by Gasteiger charge is 2.22. The Kier molecular flexibility index (Phi) is 5.30. The van der Waals surface area contributed by atoms with Crippen molar-refractivity contribution in [2.45, 2.75) is 32.7 Å². The Hall–Kier alpha value is -1.91. The van der Waals surface area contributed by atoms with Crippen LogP contribution in [0.15, 0.2) is 24.4 Å². The van der Waals surface area contributed by atoms with Crippen LogP contribution in [0.1, 0.15) is 26.0 Å². The number of hydrogen-bond acceptors (Lipinski definition) is 3. The summed E-state index contributed by atoms with van der Waals surface area (Å²) in [6.45, 7) is 3.52. The van der Waals surface area contributed by atoms with Crippen molar-refractivity contribution < 1.29 is 14.7 Å². The molecule has 0 aromatic carbocycles. The van der Waals surface area contributed by atoms with Crippen LogP contribution in [0.4, 0.5) is 0 Å². The molecule has 0 saturated heterocycles. The van der Waals surface area contributed by atoms with Gasteiger partial charge in [0, 0.05) is 18.3 Å². The lowest BCUT2D eigenvalue weighted by Crippen LogP contribution is -2.44. The van der Waals surface area contributed by atoms with Crippen molar-refractivity contribution in [3.63, 3.8) is 0 Å². The van der Waals surface area contributed by atoms with Gasteiger partial charge in [0.15, 0.2) is 0 Å². The van der Waals surface area contributed by atoms with E-state index in [-0.39, 0.29) is 18.2 Å². The Morgan fingerprint density at radius 2 is 2.11 bits per heavy atom. The Morgan fingerprint density at radius 3 is 2.61 bits per heavy atom. The number of carboxylic acid groups (broad SMARTS) is 1. The Bertz CT molecular complexity index is 404. The molecule has 1 heterocycles. The molecule has 0 saturated carbocycles. The summed E-state index contributed by atoms with van der Waals surface area (Å²) in [6, 6.07) is 4.67. The van der Waals surface area contributed by atoms with E-state index in [1.807, 2.05) is 18.2 Å². The molecule has 2 N–H and O–H groups in total. The molecule has 0 spiro atoms. The topological polar surface area (TPSA) is 79.3 Å². The van der Waals surface area contributed by atoms with Crippen molar-refractivity contribution in [2.24, 2.45) is 5.92 Å². The zero-order chi connectivity index (χ0) is 13.5. The molecule has 0 aliphatic rings. The van der Waals surface area contributed by atoms with Gasteiger partial charge >= 0.3 is 5.97 Å². The lowest BCUT2D eigenvalue weighted by molar-refractivity contribution is -0.143. The van der Waals surface area contributed by atoms with Gasteiger partial charge < -0.3 is 10.4 Å². The predicted molar refractivity (Wildman–Crippen MR) is 67.0 cm³/mol. The van der Waals surface area contributed by atoms with Crippen LogP contribution in [0, 0.1) is 5.92 Å². The van der Waals surface area contributed by atoms with Gasteiger partial charge in [-0.3, -0.25) is 9.78 Å². The van der Waals surface area contributed by atoms with E-state index in [9.17, 15) is 9.59 Å². The van der Waals surface area contributed by atoms with E-state index < -0.39 is 12.0 Å². The van der Waals surface area contributed by atoms with Crippen LogP contribution in [0.25, 0.3) is 0 Å². The number of aryl methyl sites for hydroxylation is 1. The third-order valence-electron chi connectivity index (χ3n) is 2.58. The maximum Gasteiger partial charge on any atom is 0.326 e. The van der Waals surface area contributed by atoms with Gasteiger partial charge in [0.1, 0.15) is 6.04 Å². The first-order chi connectivity index (χ1) is 8.50. The summed E-state index contributed by atoms with van der Waals surface area (Å²) >= 11 is 0. The number of aromatic nitrogens is 1. The van der Waals surface area contributed by atoms with Crippen LogP contribution < -0.4 is 5.32 Å². The van der Waals surface area contributed by atoms with Crippen LogP contribution >= 0.6 is 0 Å². The van der Waals surface area contributed by atoms with Crippen LogP contribution in [-0.2, 0) is 16.0 Å². The van der Waals surface area contributed by atoms with Crippen molar-refractivity contribution in [3.05, 3.63) is 30.1 Å². The highest BCUT2D eigenvalue weighted by molar-refractivity contribution is 5.83. The summed E-state index contributed by atoms with van der Waals surface area (Å²) in [5.74, 6) is -1.40. The number of nitrogens with zero attached hydrogens (tertiary/aromatic N) is 1. The number of pyridine rings is 1. The number of carboxylic acids is 1.